The van der Waals surface area contributed by atoms with Crippen LogP contribution in [0.15, 0.2) is 0 Å². The molecule has 6 atom stereocenters. The largest absolute Gasteiger partial charge is 0.387 e. The second kappa shape index (κ2) is 15.6. The standard InChI is InChI=1S/C22H44O6/c1-5-9-13-25-19-17(23)18(24)20(26-14-10-6-2)22(28-16-12-8-4)21(19)27-15-11-7-3/h17-24H,5-16H2,1-4H3/t17-,18?,19?,20?,21?,22+/m0/s1. The number of hydrogen-bond donors (Lipinski definition) is 2. The summed E-state index contributed by atoms with van der Waals surface area (Å²) >= 11 is 0. The fraction of sp³-hybridized carbons (Fsp3) is 1.00. The zero-order chi connectivity index (χ0) is 20.8. The smallest absolute Gasteiger partial charge is 0.115 e. The molecule has 1 aliphatic rings. The van der Waals surface area contributed by atoms with Crippen LogP contribution in [0.25, 0.3) is 0 Å². The number of aliphatic hydroxyl groups is 2. The summed E-state index contributed by atoms with van der Waals surface area (Å²) in [6.07, 6.45) is 3.48. The lowest BCUT2D eigenvalue weighted by Gasteiger charge is -2.47. The molecule has 168 valence electrons. The minimum absolute atomic E-state index is 0.453. The second-order valence-electron chi connectivity index (χ2n) is 7.74. The molecule has 1 rings (SSSR count). The van der Waals surface area contributed by atoms with E-state index in [0.29, 0.717) is 26.4 Å². The van der Waals surface area contributed by atoms with Crippen molar-refractivity contribution >= 4 is 0 Å². The van der Waals surface area contributed by atoms with E-state index < -0.39 is 36.6 Å². The third-order valence-corrected chi connectivity index (χ3v) is 5.23. The molecule has 0 aromatic heterocycles. The Bertz CT molecular complexity index is 333. The Morgan fingerprint density at radius 3 is 0.964 bits per heavy atom. The van der Waals surface area contributed by atoms with Gasteiger partial charge in [0.25, 0.3) is 0 Å². The summed E-state index contributed by atoms with van der Waals surface area (Å²) in [5.74, 6) is 0. The first-order valence-corrected chi connectivity index (χ1v) is 11.4. The molecule has 6 nitrogen and oxygen atoms in total. The van der Waals surface area contributed by atoms with E-state index >= 15 is 0 Å². The summed E-state index contributed by atoms with van der Waals surface area (Å²) < 4.78 is 24.3. The average molecular weight is 405 g/mol. The maximum atomic E-state index is 10.8. The van der Waals surface area contributed by atoms with Gasteiger partial charge in [-0.15, -0.1) is 0 Å². The van der Waals surface area contributed by atoms with Crippen LogP contribution >= 0.6 is 0 Å². The van der Waals surface area contributed by atoms with Crippen LogP contribution in [0.5, 0.6) is 0 Å². The number of aliphatic hydroxyl groups excluding tert-OH is 2. The fourth-order valence-corrected chi connectivity index (χ4v) is 3.37. The van der Waals surface area contributed by atoms with Gasteiger partial charge >= 0.3 is 0 Å². The molecule has 6 heteroatoms. The van der Waals surface area contributed by atoms with Crippen LogP contribution in [0.2, 0.25) is 0 Å². The topological polar surface area (TPSA) is 77.4 Å². The molecule has 0 bridgehead atoms. The Labute approximate surface area is 171 Å². The van der Waals surface area contributed by atoms with Gasteiger partial charge in [0.2, 0.25) is 0 Å². The van der Waals surface area contributed by atoms with Crippen LogP contribution in [-0.4, -0.2) is 73.3 Å². The van der Waals surface area contributed by atoms with Gasteiger partial charge in [-0.05, 0) is 25.7 Å². The number of unbranched alkanes of at least 4 members (excludes halogenated alkanes) is 4. The first-order chi connectivity index (χ1) is 13.6. The predicted octanol–water partition coefficient (Wildman–Crippen LogP) is 3.46. The van der Waals surface area contributed by atoms with Gasteiger partial charge in [-0.3, -0.25) is 0 Å². The molecule has 0 aliphatic heterocycles. The molecule has 0 amide bonds. The van der Waals surface area contributed by atoms with Crippen LogP contribution in [-0.2, 0) is 18.9 Å². The number of rotatable bonds is 16. The molecule has 0 heterocycles. The van der Waals surface area contributed by atoms with Crippen molar-refractivity contribution < 1.29 is 29.2 Å². The quantitative estimate of drug-likeness (QED) is 0.384. The van der Waals surface area contributed by atoms with Crippen molar-refractivity contribution in [2.75, 3.05) is 26.4 Å². The van der Waals surface area contributed by atoms with Gasteiger partial charge in [0.15, 0.2) is 0 Å². The van der Waals surface area contributed by atoms with Crippen LogP contribution in [0.1, 0.15) is 79.1 Å². The number of hydrogen-bond acceptors (Lipinski definition) is 6. The molecule has 0 saturated heterocycles. The van der Waals surface area contributed by atoms with Crippen molar-refractivity contribution in [3.63, 3.8) is 0 Å². The Hall–Kier alpha value is -0.240. The van der Waals surface area contributed by atoms with Gasteiger partial charge < -0.3 is 29.2 Å². The maximum absolute atomic E-state index is 10.8. The van der Waals surface area contributed by atoms with Gasteiger partial charge in [-0.2, -0.15) is 0 Å². The van der Waals surface area contributed by atoms with Gasteiger partial charge in [-0.1, -0.05) is 53.4 Å². The Balaban J connectivity index is 2.98. The predicted molar refractivity (Wildman–Crippen MR) is 111 cm³/mol. The zero-order valence-corrected chi connectivity index (χ0v) is 18.5. The van der Waals surface area contributed by atoms with Crippen LogP contribution < -0.4 is 0 Å². The first-order valence-electron chi connectivity index (χ1n) is 11.4. The molecule has 0 aromatic rings. The summed E-state index contributed by atoms with van der Waals surface area (Å²) in [4.78, 5) is 0. The van der Waals surface area contributed by atoms with Crippen molar-refractivity contribution in [1.29, 1.82) is 0 Å². The minimum atomic E-state index is -1.05. The van der Waals surface area contributed by atoms with Gasteiger partial charge in [-0.25, -0.2) is 0 Å². The fourth-order valence-electron chi connectivity index (χ4n) is 3.37. The highest BCUT2D eigenvalue weighted by Gasteiger charge is 2.52. The highest BCUT2D eigenvalue weighted by Crippen LogP contribution is 2.31. The van der Waals surface area contributed by atoms with Crippen LogP contribution in [0, 0.1) is 0 Å². The molecule has 0 spiro atoms. The Morgan fingerprint density at radius 1 is 0.464 bits per heavy atom. The monoisotopic (exact) mass is 404 g/mol. The Morgan fingerprint density at radius 2 is 0.714 bits per heavy atom. The molecule has 2 N–H and O–H groups in total. The molecule has 0 radical (unpaired) electrons. The highest BCUT2D eigenvalue weighted by molar-refractivity contribution is 5.02. The minimum Gasteiger partial charge on any atom is -0.387 e. The second-order valence-corrected chi connectivity index (χ2v) is 7.74. The zero-order valence-electron chi connectivity index (χ0n) is 18.5. The van der Waals surface area contributed by atoms with Gasteiger partial charge in [0, 0.05) is 26.4 Å². The molecular weight excluding hydrogens is 360 g/mol. The molecule has 1 fully saturated rings. The highest BCUT2D eigenvalue weighted by atomic mass is 16.6. The SMILES string of the molecule is CCCCOC1C(OCCCC)[C@H](OCCCC)C(OCCCC)C(O)[C@@H]1O. The summed E-state index contributed by atoms with van der Waals surface area (Å²) in [5.41, 5.74) is 0. The van der Waals surface area contributed by atoms with E-state index in [1.165, 1.54) is 0 Å². The summed E-state index contributed by atoms with van der Waals surface area (Å²) in [6.45, 7) is 10.6. The van der Waals surface area contributed by atoms with Gasteiger partial charge in [0.1, 0.15) is 36.6 Å². The van der Waals surface area contributed by atoms with E-state index in [1.54, 1.807) is 0 Å². The molecule has 1 aliphatic carbocycles. The van der Waals surface area contributed by atoms with E-state index in [9.17, 15) is 10.2 Å². The number of ether oxygens (including phenoxy) is 4. The van der Waals surface area contributed by atoms with E-state index in [1.807, 2.05) is 0 Å². The summed E-state index contributed by atoms with van der Waals surface area (Å²) in [6, 6.07) is 0. The lowest BCUT2D eigenvalue weighted by Crippen LogP contribution is -2.66. The van der Waals surface area contributed by atoms with Crippen LogP contribution in [0.3, 0.4) is 0 Å². The lowest BCUT2D eigenvalue weighted by atomic mass is 9.84. The lowest BCUT2D eigenvalue weighted by molar-refractivity contribution is -0.266. The Kier molecular flexibility index (Phi) is 14.4. The summed E-state index contributed by atoms with van der Waals surface area (Å²) in [7, 11) is 0. The maximum Gasteiger partial charge on any atom is 0.115 e. The van der Waals surface area contributed by atoms with Crippen molar-refractivity contribution in [3.05, 3.63) is 0 Å². The average Bonchev–Trinajstić information content (AvgIpc) is 2.69. The van der Waals surface area contributed by atoms with E-state index in [4.69, 9.17) is 18.9 Å². The first kappa shape index (κ1) is 25.8. The van der Waals surface area contributed by atoms with Crippen molar-refractivity contribution in [3.8, 4) is 0 Å². The van der Waals surface area contributed by atoms with E-state index in [-0.39, 0.29) is 0 Å². The van der Waals surface area contributed by atoms with Crippen molar-refractivity contribution in [2.45, 2.75) is 116 Å². The van der Waals surface area contributed by atoms with Crippen molar-refractivity contribution in [1.82, 2.24) is 0 Å². The van der Waals surface area contributed by atoms with Crippen LogP contribution in [0.4, 0.5) is 0 Å². The molecule has 28 heavy (non-hydrogen) atoms. The van der Waals surface area contributed by atoms with Crippen molar-refractivity contribution in [2.24, 2.45) is 0 Å². The van der Waals surface area contributed by atoms with E-state index in [0.717, 1.165) is 51.4 Å². The van der Waals surface area contributed by atoms with E-state index in [2.05, 4.69) is 27.7 Å². The third kappa shape index (κ3) is 8.25. The molecular formula is C22H44O6. The summed E-state index contributed by atoms with van der Waals surface area (Å²) in [5, 5.41) is 21.6. The molecule has 0 aromatic carbocycles. The third-order valence-electron chi connectivity index (χ3n) is 5.23. The normalized spacial score (nSPS) is 30.6. The molecule has 1 saturated carbocycles. The van der Waals surface area contributed by atoms with Gasteiger partial charge in [0.05, 0.1) is 0 Å². The molecule has 4 unspecified atom stereocenters.